The van der Waals surface area contributed by atoms with Gasteiger partial charge in [-0.1, -0.05) is 0 Å². The number of carbonyl (C=O) groups excluding carboxylic acids is 1. The number of ketones is 1. The summed E-state index contributed by atoms with van der Waals surface area (Å²) in [5.74, 6) is -0.410. The molecule has 0 spiro atoms. The standard InChI is InChI=1S/C10H10FIO2/c1-3-14-10-8(11)4-7(6(2)13)5-9(10)12/h4-5H,3H2,1-2H3. The molecular weight excluding hydrogens is 298 g/mol. The second kappa shape index (κ2) is 4.72. The summed E-state index contributed by atoms with van der Waals surface area (Å²) in [6, 6.07) is 2.83. The van der Waals surface area contributed by atoms with Gasteiger partial charge >= 0.3 is 0 Å². The molecule has 0 aromatic heterocycles. The van der Waals surface area contributed by atoms with Crippen LogP contribution in [0.4, 0.5) is 4.39 Å². The molecule has 0 saturated carbocycles. The van der Waals surface area contributed by atoms with Crippen LogP contribution in [0.2, 0.25) is 0 Å². The average molecular weight is 308 g/mol. The Kier molecular flexibility index (Phi) is 3.86. The molecule has 0 N–H and O–H groups in total. The van der Waals surface area contributed by atoms with Crippen molar-refractivity contribution in [3.05, 3.63) is 27.1 Å². The molecule has 1 rings (SSSR count). The van der Waals surface area contributed by atoms with Gasteiger partial charge in [-0.3, -0.25) is 4.79 Å². The number of Topliss-reactive ketones (excluding diaryl/α,β-unsaturated/α-hetero) is 1. The molecular formula is C10H10FIO2. The number of ether oxygens (including phenoxy) is 1. The summed E-state index contributed by atoms with van der Waals surface area (Å²) in [7, 11) is 0. The van der Waals surface area contributed by atoms with Crippen LogP contribution < -0.4 is 4.74 Å². The Morgan fingerprint density at radius 3 is 2.64 bits per heavy atom. The molecule has 1 aromatic rings. The largest absolute Gasteiger partial charge is 0.490 e. The molecule has 0 radical (unpaired) electrons. The van der Waals surface area contributed by atoms with E-state index in [0.717, 1.165) is 0 Å². The van der Waals surface area contributed by atoms with Crippen molar-refractivity contribution < 1.29 is 13.9 Å². The summed E-state index contributed by atoms with van der Waals surface area (Å²) >= 11 is 1.95. The molecule has 2 nitrogen and oxygen atoms in total. The van der Waals surface area contributed by atoms with Gasteiger partial charge in [0.15, 0.2) is 17.3 Å². The summed E-state index contributed by atoms with van der Waals surface area (Å²) in [5, 5.41) is 0. The van der Waals surface area contributed by atoms with Crippen molar-refractivity contribution in [2.75, 3.05) is 6.61 Å². The molecule has 0 aliphatic heterocycles. The van der Waals surface area contributed by atoms with Crippen molar-refractivity contribution in [2.45, 2.75) is 13.8 Å². The van der Waals surface area contributed by atoms with E-state index >= 15 is 0 Å². The molecule has 4 heteroatoms. The van der Waals surface area contributed by atoms with Gasteiger partial charge in [-0.15, -0.1) is 0 Å². The fourth-order valence-electron chi connectivity index (χ4n) is 1.05. The Labute approximate surface area is 95.6 Å². The number of benzene rings is 1. The topological polar surface area (TPSA) is 26.3 Å². The first-order chi connectivity index (χ1) is 6.56. The van der Waals surface area contributed by atoms with E-state index in [-0.39, 0.29) is 11.5 Å². The predicted octanol–water partition coefficient (Wildman–Crippen LogP) is 3.03. The van der Waals surface area contributed by atoms with Crippen molar-refractivity contribution in [2.24, 2.45) is 0 Å². The summed E-state index contributed by atoms with van der Waals surface area (Å²) in [6.45, 7) is 3.60. The zero-order valence-electron chi connectivity index (χ0n) is 7.93. The van der Waals surface area contributed by atoms with Gasteiger partial charge in [0.05, 0.1) is 10.2 Å². The van der Waals surface area contributed by atoms with E-state index in [1.807, 2.05) is 22.6 Å². The van der Waals surface area contributed by atoms with Crippen molar-refractivity contribution in [1.29, 1.82) is 0 Å². The van der Waals surface area contributed by atoms with Crippen molar-refractivity contribution in [3.63, 3.8) is 0 Å². The Balaban J connectivity index is 3.18. The van der Waals surface area contributed by atoms with Gasteiger partial charge in [0.1, 0.15) is 0 Å². The van der Waals surface area contributed by atoms with Crippen LogP contribution >= 0.6 is 22.6 Å². The van der Waals surface area contributed by atoms with Crippen molar-refractivity contribution in [1.82, 2.24) is 0 Å². The van der Waals surface area contributed by atoms with Crippen LogP contribution in [0.15, 0.2) is 12.1 Å². The number of halogens is 2. The molecule has 0 atom stereocenters. The van der Waals surface area contributed by atoms with Crippen LogP contribution in [0.3, 0.4) is 0 Å². The van der Waals surface area contributed by atoms with E-state index in [0.29, 0.717) is 15.7 Å². The number of carbonyl (C=O) groups is 1. The van der Waals surface area contributed by atoms with Crippen LogP contribution in [0, 0.1) is 9.39 Å². The summed E-state index contributed by atoms with van der Waals surface area (Å²) < 4.78 is 19.1. The molecule has 0 fully saturated rings. The smallest absolute Gasteiger partial charge is 0.168 e. The first kappa shape index (κ1) is 11.4. The summed E-state index contributed by atoms with van der Waals surface area (Å²) in [6.07, 6.45) is 0. The van der Waals surface area contributed by atoms with Gasteiger partial charge in [-0.2, -0.15) is 0 Å². The van der Waals surface area contributed by atoms with Crippen LogP contribution in [-0.4, -0.2) is 12.4 Å². The van der Waals surface area contributed by atoms with E-state index in [4.69, 9.17) is 4.74 Å². The lowest BCUT2D eigenvalue weighted by Crippen LogP contribution is -2.01. The van der Waals surface area contributed by atoms with Crippen LogP contribution in [0.1, 0.15) is 24.2 Å². The number of hydrogen-bond donors (Lipinski definition) is 0. The number of hydrogen-bond acceptors (Lipinski definition) is 2. The molecule has 0 saturated heterocycles. The maximum Gasteiger partial charge on any atom is 0.168 e. The Morgan fingerprint density at radius 2 is 2.21 bits per heavy atom. The Morgan fingerprint density at radius 1 is 1.57 bits per heavy atom. The van der Waals surface area contributed by atoms with Crippen molar-refractivity contribution in [3.8, 4) is 5.75 Å². The lowest BCUT2D eigenvalue weighted by Gasteiger charge is -2.08. The minimum absolute atomic E-state index is 0.148. The van der Waals surface area contributed by atoms with E-state index in [9.17, 15) is 9.18 Å². The Hall–Kier alpha value is -0.650. The monoisotopic (exact) mass is 308 g/mol. The SMILES string of the molecule is CCOc1c(F)cc(C(C)=O)cc1I. The molecule has 0 bridgehead atoms. The van der Waals surface area contributed by atoms with Crippen LogP contribution in [-0.2, 0) is 0 Å². The average Bonchev–Trinajstić information content (AvgIpc) is 2.10. The zero-order chi connectivity index (χ0) is 10.7. The van der Waals surface area contributed by atoms with Gasteiger partial charge in [0, 0.05) is 5.56 Å². The quantitative estimate of drug-likeness (QED) is 0.634. The highest BCUT2D eigenvalue weighted by Gasteiger charge is 2.11. The van der Waals surface area contributed by atoms with Crippen LogP contribution in [0.25, 0.3) is 0 Å². The summed E-state index contributed by atoms with van der Waals surface area (Å²) in [4.78, 5) is 11.0. The lowest BCUT2D eigenvalue weighted by atomic mass is 10.1. The normalized spacial score (nSPS) is 10.0. The van der Waals surface area contributed by atoms with Gasteiger partial charge in [0.25, 0.3) is 0 Å². The van der Waals surface area contributed by atoms with Crippen LogP contribution in [0.5, 0.6) is 5.75 Å². The first-order valence-electron chi connectivity index (χ1n) is 4.19. The second-order valence-corrected chi connectivity index (χ2v) is 3.92. The van der Waals surface area contributed by atoms with Gasteiger partial charge in [-0.05, 0) is 48.6 Å². The lowest BCUT2D eigenvalue weighted by molar-refractivity contribution is 0.101. The molecule has 0 amide bonds. The van der Waals surface area contributed by atoms with E-state index in [2.05, 4.69) is 0 Å². The zero-order valence-corrected chi connectivity index (χ0v) is 10.1. The maximum atomic E-state index is 13.4. The highest BCUT2D eigenvalue weighted by molar-refractivity contribution is 14.1. The van der Waals surface area contributed by atoms with E-state index in [1.165, 1.54) is 13.0 Å². The molecule has 1 aromatic carbocycles. The minimum atomic E-state index is -0.482. The molecule has 0 aliphatic carbocycles. The maximum absolute atomic E-state index is 13.4. The minimum Gasteiger partial charge on any atom is -0.490 e. The highest BCUT2D eigenvalue weighted by Crippen LogP contribution is 2.26. The fraction of sp³-hybridized carbons (Fsp3) is 0.300. The van der Waals surface area contributed by atoms with E-state index < -0.39 is 5.82 Å². The first-order valence-corrected chi connectivity index (χ1v) is 5.27. The Bertz CT molecular complexity index is 340. The molecule has 0 unspecified atom stereocenters. The fourth-order valence-corrected chi connectivity index (χ4v) is 1.79. The van der Waals surface area contributed by atoms with E-state index in [1.54, 1.807) is 13.0 Å². The van der Waals surface area contributed by atoms with Gasteiger partial charge < -0.3 is 4.74 Å². The third-order valence-corrected chi connectivity index (χ3v) is 2.49. The highest BCUT2D eigenvalue weighted by atomic mass is 127. The third-order valence-electron chi connectivity index (χ3n) is 1.69. The predicted molar refractivity (Wildman–Crippen MR) is 60.3 cm³/mol. The van der Waals surface area contributed by atoms with Gasteiger partial charge in [-0.25, -0.2) is 4.39 Å². The van der Waals surface area contributed by atoms with Gasteiger partial charge in [0.2, 0.25) is 0 Å². The molecule has 0 aliphatic rings. The third kappa shape index (κ3) is 2.43. The van der Waals surface area contributed by atoms with Crippen molar-refractivity contribution >= 4 is 28.4 Å². The molecule has 76 valence electrons. The molecule has 0 heterocycles. The molecule has 14 heavy (non-hydrogen) atoms. The summed E-state index contributed by atoms with van der Waals surface area (Å²) in [5.41, 5.74) is 0.371. The second-order valence-electron chi connectivity index (χ2n) is 2.76. The number of rotatable bonds is 3.